The monoisotopic (exact) mass is 288 g/mol. The molecule has 1 aromatic heterocycles. The van der Waals surface area contributed by atoms with Crippen LogP contribution in [0.25, 0.3) is 11.4 Å². The summed E-state index contributed by atoms with van der Waals surface area (Å²) in [4.78, 5) is 6.76. The number of aromatic nitrogens is 2. The summed E-state index contributed by atoms with van der Waals surface area (Å²) in [6.45, 7) is 8.41. The van der Waals surface area contributed by atoms with Crippen molar-refractivity contribution in [1.82, 2.24) is 20.4 Å². The van der Waals surface area contributed by atoms with Gasteiger partial charge in [-0.25, -0.2) is 0 Å². The molecule has 6 nitrogen and oxygen atoms in total. The fourth-order valence-electron chi connectivity index (χ4n) is 2.58. The summed E-state index contributed by atoms with van der Waals surface area (Å²) in [5.74, 6) is 1.53. The fourth-order valence-corrected chi connectivity index (χ4v) is 2.58. The van der Waals surface area contributed by atoms with Gasteiger partial charge in [0.1, 0.15) is 5.75 Å². The van der Waals surface area contributed by atoms with Gasteiger partial charge in [-0.2, -0.15) is 4.98 Å². The van der Waals surface area contributed by atoms with E-state index in [4.69, 9.17) is 4.52 Å². The smallest absolute Gasteiger partial charge is 0.241 e. The van der Waals surface area contributed by atoms with Gasteiger partial charge in [0.2, 0.25) is 11.7 Å². The minimum absolute atomic E-state index is 0.322. The third-order valence-electron chi connectivity index (χ3n) is 3.79. The van der Waals surface area contributed by atoms with Crippen molar-refractivity contribution < 1.29 is 9.63 Å². The molecule has 2 N–H and O–H groups in total. The number of aryl methyl sites for hydroxylation is 2. The van der Waals surface area contributed by atoms with E-state index < -0.39 is 0 Å². The Morgan fingerprint density at radius 3 is 2.57 bits per heavy atom. The van der Waals surface area contributed by atoms with Crippen molar-refractivity contribution in [2.24, 2.45) is 0 Å². The summed E-state index contributed by atoms with van der Waals surface area (Å²) in [7, 11) is 0. The first-order valence-electron chi connectivity index (χ1n) is 7.20. The van der Waals surface area contributed by atoms with Gasteiger partial charge in [0, 0.05) is 31.7 Å². The van der Waals surface area contributed by atoms with Crippen LogP contribution in [0.3, 0.4) is 0 Å². The largest absolute Gasteiger partial charge is 0.507 e. The molecule has 0 saturated carbocycles. The maximum Gasteiger partial charge on any atom is 0.241 e. The maximum atomic E-state index is 9.82. The molecule has 1 saturated heterocycles. The van der Waals surface area contributed by atoms with Gasteiger partial charge in [0.15, 0.2) is 0 Å². The highest BCUT2D eigenvalue weighted by molar-refractivity contribution is 5.60. The highest BCUT2D eigenvalue weighted by Gasteiger charge is 2.16. The first-order valence-corrected chi connectivity index (χ1v) is 7.20. The Hall–Kier alpha value is -1.92. The van der Waals surface area contributed by atoms with E-state index in [0.29, 0.717) is 24.0 Å². The molecule has 0 amide bonds. The highest BCUT2D eigenvalue weighted by Crippen LogP contribution is 2.27. The van der Waals surface area contributed by atoms with Crippen LogP contribution in [0.15, 0.2) is 16.7 Å². The number of phenolic OH excluding ortho intramolecular Hbond substituents is 1. The molecule has 0 aliphatic carbocycles. The van der Waals surface area contributed by atoms with Crippen LogP contribution in [0, 0.1) is 13.8 Å². The van der Waals surface area contributed by atoms with Crippen molar-refractivity contribution in [2.45, 2.75) is 20.4 Å². The summed E-state index contributed by atoms with van der Waals surface area (Å²) in [6.07, 6.45) is 0. The van der Waals surface area contributed by atoms with Crippen molar-refractivity contribution in [3.63, 3.8) is 0 Å². The van der Waals surface area contributed by atoms with Gasteiger partial charge in [0.05, 0.1) is 6.54 Å². The molecule has 0 bridgehead atoms. The molecule has 112 valence electrons. The van der Waals surface area contributed by atoms with Crippen LogP contribution >= 0.6 is 0 Å². The zero-order valence-electron chi connectivity index (χ0n) is 12.4. The Morgan fingerprint density at radius 1 is 1.24 bits per heavy atom. The number of piperazine rings is 1. The zero-order chi connectivity index (χ0) is 14.8. The SMILES string of the molecule is Cc1cc(-c2noc(CN3CCNCC3)n2)cc(C)c1O. The van der Waals surface area contributed by atoms with Crippen LogP contribution in [0.1, 0.15) is 17.0 Å². The Kier molecular flexibility index (Phi) is 3.90. The van der Waals surface area contributed by atoms with Crippen LogP contribution in [-0.2, 0) is 6.54 Å². The molecular weight excluding hydrogens is 268 g/mol. The van der Waals surface area contributed by atoms with Gasteiger partial charge in [-0.3, -0.25) is 4.90 Å². The van der Waals surface area contributed by atoms with Gasteiger partial charge in [-0.1, -0.05) is 5.16 Å². The maximum absolute atomic E-state index is 9.82. The summed E-state index contributed by atoms with van der Waals surface area (Å²) in [6, 6.07) is 3.75. The number of hydrogen-bond donors (Lipinski definition) is 2. The fraction of sp³-hybridized carbons (Fsp3) is 0.467. The molecule has 21 heavy (non-hydrogen) atoms. The summed E-state index contributed by atoms with van der Waals surface area (Å²) in [5, 5.41) is 17.2. The predicted octanol–water partition coefficient (Wildman–Crippen LogP) is 1.46. The van der Waals surface area contributed by atoms with E-state index in [0.717, 1.165) is 42.9 Å². The summed E-state index contributed by atoms with van der Waals surface area (Å²) < 4.78 is 5.35. The van der Waals surface area contributed by atoms with Crippen LogP contribution in [-0.4, -0.2) is 46.3 Å². The van der Waals surface area contributed by atoms with E-state index in [1.807, 2.05) is 26.0 Å². The minimum atomic E-state index is 0.322. The van der Waals surface area contributed by atoms with Crippen molar-refractivity contribution in [1.29, 1.82) is 0 Å². The summed E-state index contributed by atoms with van der Waals surface area (Å²) in [5.41, 5.74) is 2.51. The molecule has 1 aliphatic rings. The molecular formula is C15H20N4O2. The quantitative estimate of drug-likeness (QED) is 0.891. The van der Waals surface area contributed by atoms with Crippen LogP contribution in [0.4, 0.5) is 0 Å². The second kappa shape index (κ2) is 5.83. The minimum Gasteiger partial charge on any atom is -0.507 e. The first kappa shape index (κ1) is 14.0. The molecule has 3 rings (SSSR count). The van der Waals surface area contributed by atoms with Gasteiger partial charge in [0.25, 0.3) is 0 Å². The molecule has 2 heterocycles. The van der Waals surface area contributed by atoms with Crippen molar-refractivity contribution in [3.05, 3.63) is 29.2 Å². The normalized spacial score (nSPS) is 16.3. The molecule has 2 aromatic rings. The molecule has 0 unspecified atom stereocenters. The van der Waals surface area contributed by atoms with Crippen molar-refractivity contribution in [3.8, 4) is 17.1 Å². The molecule has 0 spiro atoms. The zero-order valence-corrected chi connectivity index (χ0v) is 12.4. The van der Waals surface area contributed by atoms with E-state index >= 15 is 0 Å². The predicted molar refractivity (Wildman–Crippen MR) is 79.0 cm³/mol. The Bertz CT molecular complexity index is 609. The number of nitrogens with one attached hydrogen (secondary N) is 1. The Labute approximate surface area is 123 Å². The number of hydrogen-bond acceptors (Lipinski definition) is 6. The van der Waals surface area contributed by atoms with Crippen molar-refractivity contribution >= 4 is 0 Å². The molecule has 6 heteroatoms. The molecule has 1 fully saturated rings. The summed E-state index contributed by atoms with van der Waals surface area (Å²) >= 11 is 0. The second-order valence-electron chi connectivity index (χ2n) is 5.50. The highest BCUT2D eigenvalue weighted by atomic mass is 16.5. The molecule has 1 aromatic carbocycles. The van der Waals surface area contributed by atoms with E-state index in [9.17, 15) is 5.11 Å². The third-order valence-corrected chi connectivity index (χ3v) is 3.79. The Balaban J connectivity index is 1.78. The average molecular weight is 288 g/mol. The molecule has 0 atom stereocenters. The number of benzene rings is 1. The van der Waals surface area contributed by atoms with Gasteiger partial charge in [-0.15, -0.1) is 0 Å². The van der Waals surface area contributed by atoms with Crippen LogP contribution in [0.5, 0.6) is 5.75 Å². The van der Waals surface area contributed by atoms with E-state index in [1.165, 1.54) is 0 Å². The topological polar surface area (TPSA) is 74.4 Å². The van der Waals surface area contributed by atoms with Crippen molar-refractivity contribution in [2.75, 3.05) is 26.2 Å². The van der Waals surface area contributed by atoms with Gasteiger partial charge in [-0.05, 0) is 37.1 Å². The van der Waals surface area contributed by atoms with E-state index in [2.05, 4.69) is 20.4 Å². The number of nitrogens with zero attached hydrogens (tertiary/aromatic N) is 3. The van der Waals surface area contributed by atoms with Gasteiger partial charge < -0.3 is 14.9 Å². The van der Waals surface area contributed by atoms with E-state index in [-0.39, 0.29) is 0 Å². The number of aromatic hydroxyl groups is 1. The third kappa shape index (κ3) is 3.06. The Morgan fingerprint density at radius 2 is 1.90 bits per heavy atom. The average Bonchev–Trinajstić information content (AvgIpc) is 2.94. The standard InChI is InChI=1S/C15H20N4O2/c1-10-7-12(8-11(2)14(10)20)15-17-13(21-18-15)9-19-5-3-16-4-6-19/h7-8,16,20H,3-6,9H2,1-2H3. The first-order chi connectivity index (χ1) is 10.1. The van der Waals surface area contributed by atoms with Crippen LogP contribution < -0.4 is 5.32 Å². The lowest BCUT2D eigenvalue weighted by Crippen LogP contribution is -2.42. The molecule has 1 aliphatic heterocycles. The van der Waals surface area contributed by atoms with Crippen LogP contribution in [0.2, 0.25) is 0 Å². The van der Waals surface area contributed by atoms with E-state index in [1.54, 1.807) is 0 Å². The lowest BCUT2D eigenvalue weighted by Gasteiger charge is -2.25. The molecule has 0 radical (unpaired) electrons. The number of phenols is 1. The lowest BCUT2D eigenvalue weighted by molar-refractivity contribution is 0.203. The number of rotatable bonds is 3. The second-order valence-corrected chi connectivity index (χ2v) is 5.50. The lowest BCUT2D eigenvalue weighted by atomic mass is 10.1. The van der Waals surface area contributed by atoms with Gasteiger partial charge >= 0.3 is 0 Å².